The van der Waals surface area contributed by atoms with Crippen LogP contribution in [-0.2, 0) is 23.2 Å². The van der Waals surface area contributed by atoms with Crippen LogP contribution in [-0.4, -0.2) is 28.1 Å². The molecule has 0 spiro atoms. The molecule has 0 unspecified atom stereocenters. The molecule has 2 aromatic heterocycles. The van der Waals surface area contributed by atoms with E-state index < -0.39 is 10.0 Å². The van der Waals surface area contributed by atoms with E-state index in [1.54, 1.807) is 10.8 Å². The second-order valence-corrected chi connectivity index (χ2v) is 6.49. The van der Waals surface area contributed by atoms with Gasteiger partial charge >= 0.3 is 0 Å². The lowest BCUT2D eigenvalue weighted by Crippen LogP contribution is -2.23. The molecule has 0 aromatic carbocycles. The number of aliphatic hydroxyl groups is 1. The fraction of sp³-hybridized carbons (Fsp3) is 0.417. The molecular weight excluding hydrogens is 280 g/mol. The Morgan fingerprint density at radius 2 is 2.25 bits per heavy atom. The Bertz CT molecular complexity index is 659. The third-order valence-electron chi connectivity index (χ3n) is 2.94. The topological polar surface area (TPSA) is 100 Å². The summed E-state index contributed by atoms with van der Waals surface area (Å²) in [6, 6.07) is 1.56. The molecule has 3 N–H and O–H groups in total. The van der Waals surface area contributed by atoms with Gasteiger partial charge < -0.3 is 14.7 Å². The van der Waals surface area contributed by atoms with E-state index in [0.717, 1.165) is 0 Å². The van der Waals surface area contributed by atoms with Crippen molar-refractivity contribution < 1.29 is 13.5 Å². The van der Waals surface area contributed by atoms with Crippen molar-refractivity contribution in [1.29, 1.82) is 0 Å². The maximum atomic E-state index is 12.2. The Morgan fingerprint density at radius 1 is 1.50 bits per heavy atom. The molecule has 2 rings (SSSR count). The van der Waals surface area contributed by atoms with Crippen molar-refractivity contribution in [1.82, 2.24) is 19.3 Å². The van der Waals surface area contributed by atoms with Crippen LogP contribution in [0.3, 0.4) is 0 Å². The first kappa shape index (κ1) is 14.8. The van der Waals surface area contributed by atoms with Crippen LogP contribution < -0.4 is 4.72 Å². The van der Waals surface area contributed by atoms with Crippen LogP contribution in [0.4, 0.5) is 0 Å². The van der Waals surface area contributed by atoms with Crippen molar-refractivity contribution in [2.75, 3.05) is 0 Å². The number of rotatable bonds is 6. The standard InChI is InChI=1S/C12H18N4O3S/c1-9(2)16-6-12(3-11(16)7-17)20(18,19)15-5-10-4-13-8-14-10/h3-4,6,8-9,15,17H,5,7H2,1-2H3,(H,13,14). The summed E-state index contributed by atoms with van der Waals surface area (Å²) in [5.74, 6) is 0. The van der Waals surface area contributed by atoms with E-state index in [-0.39, 0.29) is 24.1 Å². The summed E-state index contributed by atoms with van der Waals surface area (Å²) < 4.78 is 28.6. The molecule has 20 heavy (non-hydrogen) atoms. The van der Waals surface area contributed by atoms with Gasteiger partial charge in [0.1, 0.15) is 0 Å². The number of H-pyrrole nitrogens is 1. The van der Waals surface area contributed by atoms with Crippen molar-refractivity contribution >= 4 is 10.0 Å². The summed E-state index contributed by atoms with van der Waals surface area (Å²) in [6.45, 7) is 3.79. The third-order valence-corrected chi connectivity index (χ3v) is 4.31. The lowest BCUT2D eigenvalue weighted by atomic mass is 10.3. The lowest BCUT2D eigenvalue weighted by molar-refractivity contribution is 0.268. The number of imidazole rings is 1. The summed E-state index contributed by atoms with van der Waals surface area (Å²) in [5.41, 5.74) is 1.25. The molecule has 0 atom stereocenters. The number of nitrogens with one attached hydrogen (secondary N) is 2. The van der Waals surface area contributed by atoms with Crippen molar-refractivity contribution in [3.05, 3.63) is 36.2 Å². The maximum absolute atomic E-state index is 12.2. The molecule has 0 aliphatic rings. The first-order chi connectivity index (χ1) is 9.44. The van der Waals surface area contributed by atoms with Crippen LogP contribution in [0.5, 0.6) is 0 Å². The average molecular weight is 298 g/mol. The molecule has 2 heterocycles. The minimum atomic E-state index is -3.61. The van der Waals surface area contributed by atoms with Crippen LogP contribution in [0.1, 0.15) is 31.3 Å². The number of hydrogen-bond donors (Lipinski definition) is 3. The van der Waals surface area contributed by atoms with Crippen molar-refractivity contribution in [3.63, 3.8) is 0 Å². The molecule has 0 radical (unpaired) electrons. The van der Waals surface area contributed by atoms with Crippen LogP contribution in [0.2, 0.25) is 0 Å². The number of sulfonamides is 1. The molecular formula is C12H18N4O3S. The van der Waals surface area contributed by atoms with Crippen molar-refractivity contribution in [2.24, 2.45) is 0 Å². The summed E-state index contributed by atoms with van der Waals surface area (Å²) >= 11 is 0. The second-order valence-electron chi connectivity index (χ2n) is 4.73. The van der Waals surface area contributed by atoms with E-state index in [1.165, 1.54) is 18.6 Å². The molecule has 0 amide bonds. The second kappa shape index (κ2) is 5.78. The normalized spacial score (nSPS) is 12.2. The molecule has 0 saturated heterocycles. The zero-order valence-electron chi connectivity index (χ0n) is 11.4. The summed E-state index contributed by atoms with van der Waals surface area (Å²) in [6.07, 6.45) is 4.58. The first-order valence-corrected chi connectivity index (χ1v) is 7.71. The van der Waals surface area contributed by atoms with Gasteiger partial charge in [-0.05, 0) is 19.9 Å². The van der Waals surface area contributed by atoms with Crippen LogP contribution in [0.15, 0.2) is 29.7 Å². The number of aliphatic hydroxyl groups excluding tert-OH is 1. The van der Waals surface area contributed by atoms with Gasteiger partial charge in [0.15, 0.2) is 0 Å². The molecule has 0 bridgehead atoms. The van der Waals surface area contributed by atoms with Gasteiger partial charge in [0.05, 0.1) is 24.4 Å². The molecule has 2 aromatic rings. The minimum Gasteiger partial charge on any atom is -0.390 e. The monoisotopic (exact) mass is 298 g/mol. The Balaban J connectivity index is 2.21. The summed E-state index contributed by atoms with van der Waals surface area (Å²) in [4.78, 5) is 6.79. The molecule has 0 saturated carbocycles. The highest BCUT2D eigenvalue weighted by Gasteiger charge is 2.19. The van der Waals surface area contributed by atoms with Gasteiger partial charge in [-0.15, -0.1) is 0 Å². The predicted octanol–water partition coefficient (Wildman–Crippen LogP) is 0.763. The van der Waals surface area contributed by atoms with E-state index >= 15 is 0 Å². The van der Waals surface area contributed by atoms with E-state index in [9.17, 15) is 13.5 Å². The average Bonchev–Trinajstić information content (AvgIpc) is 3.05. The maximum Gasteiger partial charge on any atom is 0.242 e. The highest BCUT2D eigenvalue weighted by molar-refractivity contribution is 7.89. The van der Waals surface area contributed by atoms with Crippen LogP contribution >= 0.6 is 0 Å². The lowest BCUT2D eigenvalue weighted by Gasteiger charge is -2.10. The molecule has 0 aliphatic heterocycles. The fourth-order valence-corrected chi connectivity index (χ4v) is 2.94. The minimum absolute atomic E-state index is 0.0775. The Morgan fingerprint density at radius 3 is 2.75 bits per heavy atom. The molecule has 8 heteroatoms. The van der Waals surface area contributed by atoms with Gasteiger partial charge in [-0.1, -0.05) is 0 Å². The number of nitrogens with zero attached hydrogens (tertiary/aromatic N) is 2. The highest BCUT2D eigenvalue weighted by atomic mass is 32.2. The van der Waals surface area contributed by atoms with E-state index in [0.29, 0.717) is 11.4 Å². The fourth-order valence-electron chi connectivity index (χ4n) is 1.89. The SMILES string of the molecule is CC(C)n1cc(S(=O)(=O)NCc2cnc[nH]2)cc1CO. The van der Waals surface area contributed by atoms with Crippen LogP contribution in [0.25, 0.3) is 0 Å². The van der Waals surface area contributed by atoms with E-state index in [4.69, 9.17) is 0 Å². The van der Waals surface area contributed by atoms with Crippen molar-refractivity contribution in [2.45, 2.75) is 37.9 Å². The van der Waals surface area contributed by atoms with Gasteiger partial charge in [-0.3, -0.25) is 0 Å². The Hall–Kier alpha value is -1.64. The molecule has 7 nitrogen and oxygen atoms in total. The largest absolute Gasteiger partial charge is 0.390 e. The smallest absolute Gasteiger partial charge is 0.242 e. The zero-order chi connectivity index (χ0) is 14.8. The number of aromatic nitrogens is 3. The molecule has 0 aliphatic carbocycles. The van der Waals surface area contributed by atoms with Gasteiger partial charge in [-0.25, -0.2) is 18.1 Å². The highest BCUT2D eigenvalue weighted by Crippen LogP contribution is 2.19. The van der Waals surface area contributed by atoms with Gasteiger partial charge in [0.2, 0.25) is 10.0 Å². The van der Waals surface area contributed by atoms with Gasteiger partial charge in [0.25, 0.3) is 0 Å². The van der Waals surface area contributed by atoms with Gasteiger partial charge in [0, 0.05) is 29.8 Å². The zero-order valence-corrected chi connectivity index (χ0v) is 12.2. The van der Waals surface area contributed by atoms with E-state index in [2.05, 4.69) is 14.7 Å². The molecule has 110 valence electrons. The summed E-state index contributed by atoms with van der Waals surface area (Å²) in [7, 11) is -3.61. The molecule has 0 fully saturated rings. The van der Waals surface area contributed by atoms with Gasteiger partial charge in [-0.2, -0.15) is 0 Å². The third kappa shape index (κ3) is 3.09. The van der Waals surface area contributed by atoms with Crippen LogP contribution in [0, 0.1) is 0 Å². The number of aromatic amines is 1. The predicted molar refractivity (Wildman–Crippen MR) is 73.4 cm³/mol. The Labute approximate surface area is 117 Å². The van der Waals surface area contributed by atoms with Crippen molar-refractivity contribution in [3.8, 4) is 0 Å². The number of hydrogen-bond acceptors (Lipinski definition) is 4. The quantitative estimate of drug-likeness (QED) is 0.733. The summed E-state index contributed by atoms with van der Waals surface area (Å²) in [5, 5.41) is 9.28. The first-order valence-electron chi connectivity index (χ1n) is 6.22. The van der Waals surface area contributed by atoms with E-state index in [1.807, 2.05) is 13.8 Å². The Kier molecular flexibility index (Phi) is 4.26.